The van der Waals surface area contributed by atoms with Gasteiger partial charge in [0.25, 0.3) is 10.1 Å². The van der Waals surface area contributed by atoms with Crippen LogP contribution in [0.1, 0.15) is 77.7 Å². The molecule has 6 heteroatoms. The van der Waals surface area contributed by atoms with E-state index in [2.05, 4.69) is 26.8 Å². The van der Waals surface area contributed by atoms with Crippen molar-refractivity contribution in [1.29, 1.82) is 0 Å². The van der Waals surface area contributed by atoms with Crippen molar-refractivity contribution in [2.45, 2.75) is 89.7 Å². The molecule has 1 heterocycles. The summed E-state index contributed by atoms with van der Waals surface area (Å²) in [5, 5.41) is 0. The van der Waals surface area contributed by atoms with Gasteiger partial charge in [-0.05, 0) is 98.0 Å². The zero-order chi connectivity index (χ0) is 26.1. The normalized spacial score (nSPS) is 39.5. The van der Waals surface area contributed by atoms with E-state index in [1.165, 1.54) is 32.1 Å². The summed E-state index contributed by atoms with van der Waals surface area (Å²) < 4.78 is 43.5. The SMILES string of the molecule is Cc1ccc(S(=O)(=O)OC[C@@H](C)C2CCC3C4CC=C5CC6(CC[C@]5(C)C4CC[C@@]32C)OCCO6)cc1. The van der Waals surface area contributed by atoms with Gasteiger partial charge in [0.1, 0.15) is 0 Å². The molecule has 1 saturated heterocycles. The Morgan fingerprint density at radius 3 is 2.46 bits per heavy atom. The Morgan fingerprint density at radius 1 is 1.00 bits per heavy atom. The molecule has 0 amide bonds. The Balaban J connectivity index is 1.15. The molecule has 1 aliphatic heterocycles. The summed E-state index contributed by atoms with van der Waals surface area (Å²) in [5.74, 6) is 2.52. The van der Waals surface area contributed by atoms with E-state index in [9.17, 15) is 8.42 Å². The maximum Gasteiger partial charge on any atom is 0.296 e. The standard InChI is InChI=1S/C31H44O5S/c1-21-5-8-24(9-6-21)37(32,33)36-20-22(2)26-11-12-27-25-10-7-23-19-31(34-17-18-35-31)16-15-29(23,3)28(25)13-14-30(26,27)4/h5-9,22,25-28H,10-20H2,1-4H3/t22-,25?,26?,27?,28?,29+,30-/m1/s1. The van der Waals surface area contributed by atoms with Gasteiger partial charge in [0.2, 0.25) is 0 Å². The first kappa shape index (κ1) is 26.0. The van der Waals surface area contributed by atoms with E-state index in [0.717, 1.165) is 49.9 Å². The molecule has 0 bridgehead atoms. The molecule has 7 atom stereocenters. The molecule has 1 spiro atoms. The van der Waals surface area contributed by atoms with Crippen molar-refractivity contribution >= 4 is 10.1 Å². The lowest BCUT2D eigenvalue weighted by Gasteiger charge is -2.59. The number of aryl methyl sites for hydroxylation is 1. The third-order valence-corrected chi connectivity index (χ3v) is 12.8. The van der Waals surface area contributed by atoms with E-state index in [0.29, 0.717) is 11.8 Å². The largest absolute Gasteiger partial charge is 0.347 e. The summed E-state index contributed by atoms with van der Waals surface area (Å²) in [5.41, 5.74) is 3.15. The van der Waals surface area contributed by atoms with E-state index in [1.54, 1.807) is 17.7 Å². The van der Waals surface area contributed by atoms with Crippen LogP contribution < -0.4 is 0 Å². The molecule has 0 radical (unpaired) electrons. The Hall–Kier alpha value is -1.21. The number of hydrogen-bond donors (Lipinski definition) is 0. The molecule has 3 saturated carbocycles. The molecule has 4 unspecified atom stereocenters. The van der Waals surface area contributed by atoms with Crippen LogP contribution in [-0.2, 0) is 23.8 Å². The van der Waals surface area contributed by atoms with Gasteiger partial charge in [-0.2, -0.15) is 8.42 Å². The zero-order valence-electron chi connectivity index (χ0n) is 23.0. The summed E-state index contributed by atoms with van der Waals surface area (Å²) >= 11 is 0. The first-order valence-electron chi connectivity index (χ1n) is 14.5. The number of allylic oxidation sites excluding steroid dienone is 1. The van der Waals surface area contributed by atoms with Crippen LogP contribution in [0.3, 0.4) is 0 Å². The molecular weight excluding hydrogens is 484 g/mol. The Bertz CT molecular complexity index is 1150. The van der Waals surface area contributed by atoms with Crippen molar-refractivity contribution in [3.8, 4) is 0 Å². The van der Waals surface area contributed by atoms with Crippen molar-refractivity contribution in [1.82, 2.24) is 0 Å². The number of hydrogen-bond acceptors (Lipinski definition) is 5. The molecule has 37 heavy (non-hydrogen) atoms. The molecule has 1 aromatic carbocycles. The number of rotatable bonds is 5. The van der Waals surface area contributed by atoms with Crippen LogP contribution in [0.4, 0.5) is 0 Å². The molecule has 5 nitrogen and oxygen atoms in total. The van der Waals surface area contributed by atoms with Gasteiger partial charge in [0.05, 0.1) is 24.7 Å². The van der Waals surface area contributed by atoms with Crippen LogP contribution in [-0.4, -0.2) is 34.0 Å². The minimum atomic E-state index is -3.73. The molecule has 4 aliphatic carbocycles. The van der Waals surface area contributed by atoms with Crippen molar-refractivity contribution < 1.29 is 22.1 Å². The van der Waals surface area contributed by atoms with E-state index in [-0.39, 0.29) is 34.0 Å². The van der Waals surface area contributed by atoms with Crippen molar-refractivity contribution in [3.63, 3.8) is 0 Å². The average molecular weight is 529 g/mol. The number of fused-ring (bicyclic) bond motifs is 5. The topological polar surface area (TPSA) is 61.8 Å². The van der Waals surface area contributed by atoms with Gasteiger partial charge < -0.3 is 9.47 Å². The lowest BCUT2D eigenvalue weighted by Crippen LogP contribution is -2.52. The van der Waals surface area contributed by atoms with Gasteiger partial charge in [-0.3, -0.25) is 4.18 Å². The highest BCUT2D eigenvalue weighted by molar-refractivity contribution is 7.86. The minimum absolute atomic E-state index is 0.211. The van der Waals surface area contributed by atoms with Crippen molar-refractivity contribution in [3.05, 3.63) is 41.5 Å². The summed E-state index contributed by atoms with van der Waals surface area (Å²) in [6, 6.07) is 6.94. The predicted molar refractivity (Wildman–Crippen MR) is 143 cm³/mol. The highest BCUT2D eigenvalue weighted by Crippen LogP contribution is 2.68. The van der Waals surface area contributed by atoms with Gasteiger partial charge in [0.15, 0.2) is 5.79 Å². The molecule has 0 aromatic heterocycles. The van der Waals surface area contributed by atoms with Crippen LogP contribution in [0.25, 0.3) is 0 Å². The maximum absolute atomic E-state index is 12.8. The Labute approximate surface area is 223 Å². The fourth-order valence-electron chi connectivity index (χ4n) is 9.41. The molecule has 6 rings (SSSR count). The van der Waals surface area contributed by atoms with Gasteiger partial charge in [-0.1, -0.05) is 50.1 Å². The third kappa shape index (κ3) is 4.25. The molecule has 4 fully saturated rings. The fourth-order valence-corrected chi connectivity index (χ4v) is 10.4. The summed E-state index contributed by atoms with van der Waals surface area (Å²) in [6.45, 7) is 10.9. The summed E-state index contributed by atoms with van der Waals surface area (Å²) in [6.07, 6.45) is 11.8. The summed E-state index contributed by atoms with van der Waals surface area (Å²) in [4.78, 5) is 0.252. The molecule has 5 aliphatic rings. The van der Waals surface area contributed by atoms with Crippen molar-refractivity contribution in [2.24, 2.45) is 40.4 Å². The molecule has 0 N–H and O–H groups in total. The van der Waals surface area contributed by atoms with Gasteiger partial charge in [-0.25, -0.2) is 0 Å². The lowest BCUT2D eigenvalue weighted by atomic mass is 9.47. The van der Waals surface area contributed by atoms with Crippen LogP contribution in [0.15, 0.2) is 40.8 Å². The second kappa shape index (κ2) is 9.18. The quantitative estimate of drug-likeness (QED) is 0.316. The van der Waals surface area contributed by atoms with Crippen LogP contribution in [0.2, 0.25) is 0 Å². The monoisotopic (exact) mass is 528 g/mol. The molecule has 204 valence electrons. The lowest BCUT2D eigenvalue weighted by molar-refractivity contribution is -0.185. The van der Waals surface area contributed by atoms with Gasteiger partial charge >= 0.3 is 0 Å². The number of ether oxygens (including phenoxy) is 2. The minimum Gasteiger partial charge on any atom is -0.347 e. The van der Waals surface area contributed by atoms with Crippen molar-refractivity contribution in [2.75, 3.05) is 19.8 Å². The first-order chi connectivity index (χ1) is 17.6. The van der Waals surface area contributed by atoms with Crippen LogP contribution >= 0.6 is 0 Å². The van der Waals surface area contributed by atoms with Crippen LogP contribution in [0.5, 0.6) is 0 Å². The molecule has 1 aromatic rings. The highest BCUT2D eigenvalue weighted by atomic mass is 32.2. The van der Waals surface area contributed by atoms with Gasteiger partial charge in [0, 0.05) is 12.8 Å². The zero-order valence-corrected chi connectivity index (χ0v) is 23.8. The maximum atomic E-state index is 12.8. The van der Waals surface area contributed by atoms with Gasteiger partial charge in [-0.15, -0.1) is 0 Å². The van der Waals surface area contributed by atoms with Crippen LogP contribution in [0, 0.1) is 47.3 Å². The smallest absolute Gasteiger partial charge is 0.296 e. The second-order valence-electron chi connectivity index (χ2n) is 13.3. The first-order valence-corrected chi connectivity index (χ1v) is 15.9. The average Bonchev–Trinajstić information content (AvgIpc) is 3.47. The van der Waals surface area contributed by atoms with E-state index < -0.39 is 10.1 Å². The Kier molecular flexibility index (Phi) is 6.46. The highest BCUT2D eigenvalue weighted by Gasteiger charge is 2.60. The Morgan fingerprint density at radius 2 is 1.73 bits per heavy atom. The summed E-state index contributed by atoms with van der Waals surface area (Å²) in [7, 11) is -3.73. The van der Waals surface area contributed by atoms with E-state index >= 15 is 0 Å². The van der Waals surface area contributed by atoms with E-state index in [1.807, 2.05) is 19.1 Å². The molecular formula is C31H44O5S. The number of benzene rings is 1. The van der Waals surface area contributed by atoms with E-state index in [4.69, 9.17) is 13.7 Å². The predicted octanol–water partition coefficient (Wildman–Crippen LogP) is 6.66. The third-order valence-electron chi connectivity index (χ3n) is 11.5. The second-order valence-corrected chi connectivity index (χ2v) is 14.9. The fraction of sp³-hybridized carbons (Fsp3) is 0.742.